The molecule has 0 unspecified atom stereocenters. The van der Waals surface area contributed by atoms with Crippen LogP contribution >= 0.6 is 0 Å². The van der Waals surface area contributed by atoms with E-state index in [4.69, 9.17) is 75.8 Å². The summed E-state index contributed by atoms with van der Waals surface area (Å²) in [6.07, 6.45) is 4.99. The Kier molecular flexibility index (Phi) is 29.6. The molecular weight excluding hydrogens is 1120 g/mol. The first-order chi connectivity index (χ1) is 41.8. The number of methoxy groups -OCH3 is 12. The Morgan fingerprint density at radius 3 is 0.605 bits per heavy atom. The van der Waals surface area contributed by atoms with Crippen molar-refractivity contribution in [3.05, 3.63) is 70.8 Å². The number of carbonyl (C=O) groups is 4. The lowest BCUT2D eigenvalue weighted by Gasteiger charge is -2.21. The molecule has 2 saturated heterocycles. The lowest BCUT2D eigenvalue weighted by molar-refractivity contribution is 0.0475. The Labute approximate surface area is 505 Å². The molecule has 0 spiro atoms. The van der Waals surface area contributed by atoms with E-state index in [1.165, 1.54) is 85.3 Å². The fourth-order valence-corrected chi connectivity index (χ4v) is 9.88. The van der Waals surface area contributed by atoms with Gasteiger partial charge in [-0.05, 0) is 113 Å². The highest BCUT2D eigenvalue weighted by molar-refractivity contribution is 5.93. The summed E-state index contributed by atoms with van der Waals surface area (Å²) in [6.45, 7) is 12.2. The predicted molar refractivity (Wildman–Crippen MR) is 319 cm³/mol. The Morgan fingerprint density at radius 2 is 0.453 bits per heavy atom. The molecule has 2 aliphatic heterocycles. The zero-order valence-corrected chi connectivity index (χ0v) is 52.1. The summed E-state index contributed by atoms with van der Waals surface area (Å²) >= 11 is 0. The predicted octanol–water partition coefficient (Wildman–Crippen LogP) is 7.08. The molecule has 0 bridgehead atoms. The number of esters is 4. The highest BCUT2D eigenvalue weighted by atomic mass is 16.6. The fourth-order valence-electron chi connectivity index (χ4n) is 9.88. The van der Waals surface area contributed by atoms with E-state index in [9.17, 15) is 19.2 Å². The van der Waals surface area contributed by atoms with Gasteiger partial charge in [-0.3, -0.25) is 0 Å². The van der Waals surface area contributed by atoms with Gasteiger partial charge in [0, 0.05) is 52.4 Å². The van der Waals surface area contributed by atoms with E-state index >= 15 is 0 Å². The lowest BCUT2D eigenvalue weighted by atomic mass is 10.2. The standard InChI is InChI=1S/2C31H44N2O10/c2*1-36-24-18-22(19-25(37-2)28(24)40-5)30(34)42-16-8-12-32-10-7-11-33(15-14-32)13-9-17-43-31(35)23-20-26(38-3)29(41-6)27(21-23)39-4/h2*18-21H,7-17H2,1-6H3. The highest BCUT2D eigenvalue weighted by Crippen LogP contribution is 2.41. The number of nitrogens with zero attached hydrogens (tertiary/aromatic N) is 4. The molecule has 2 fully saturated rings. The highest BCUT2D eigenvalue weighted by Gasteiger charge is 2.24. The van der Waals surface area contributed by atoms with Crippen LogP contribution in [-0.4, -0.2) is 234 Å². The van der Waals surface area contributed by atoms with E-state index in [1.807, 2.05) is 0 Å². The molecule has 0 aliphatic carbocycles. The summed E-state index contributed by atoms with van der Waals surface area (Å²) in [5.41, 5.74) is 1.37. The topological polar surface area (TPSA) is 229 Å². The van der Waals surface area contributed by atoms with Crippen LogP contribution in [0.5, 0.6) is 69.0 Å². The van der Waals surface area contributed by atoms with Crippen LogP contribution in [-0.2, 0) is 18.9 Å². The smallest absolute Gasteiger partial charge is 0.338 e. The van der Waals surface area contributed by atoms with E-state index in [2.05, 4.69) is 19.6 Å². The van der Waals surface area contributed by atoms with Crippen molar-refractivity contribution in [3.8, 4) is 69.0 Å². The Morgan fingerprint density at radius 1 is 0.279 bits per heavy atom. The minimum absolute atomic E-state index is 0.313. The van der Waals surface area contributed by atoms with Crippen LogP contribution in [0, 0.1) is 0 Å². The molecule has 4 aromatic carbocycles. The van der Waals surface area contributed by atoms with Crippen molar-refractivity contribution in [2.24, 2.45) is 0 Å². The molecule has 2 heterocycles. The van der Waals surface area contributed by atoms with E-state index in [-0.39, 0.29) is 0 Å². The first-order valence-corrected chi connectivity index (χ1v) is 28.5. The molecule has 0 amide bonds. The lowest BCUT2D eigenvalue weighted by Crippen LogP contribution is -2.32. The third kappa shape index (κ3) is 20.2. The molecule has 4 aromatic rings. The summed E-state index contributed by atoms with van der Waals surface area (Å²) in [7, 11) is 18.1. The van der Waals surface area contributed by atoms with Crippen LogP contribution in [0.25, 0.3) is 0 Å². The molecule has 0 aromatic heterocycles. The second-order valence-corrected chi connectivity index (χ2v) is 19.7. The molecular formula is C62H88N4O20. The summed E-state index contributed by atoms with van der Waals surface area (Å²) in [4.78, 5) is 60.0. The molecule has 0 radical (unpaired) electrons. The number of hydrogen-bond donors (Lipinski definition) is 0. The van der Waals surface area contributed by atoms with Crippen molar-refractivity contribution in [3.63, 3.8) is 0 Å². The number of rotatable bonds is 32. The number of ether oxygens (including phenoxy) is 16. The second-order valence-electron chi connectivity index (χ2n) is 19.7. The van der Waals surface area contributed by atoms with Crippen LogP contribution < -0.4 is 56.8 Å². The van der Waals surface area contributed by atoms with E-state index in [0.29, 0.717) is 118 Å². The van der Waals surface area contributed by atoms with Crippen molar-refractivity contribution in [2.45, 2.75) is 38.5 Å². The molecule has 2 aliphatic rings. The summed E-state index contributed by atoms with van der Waals surface area (Å²) in [5.74, 6) is 3.17. The van der Waals surface area contributed by atoms with Gasteiger partial charge >= 0.3 is 23.9 Å². The van der Waals surface area contributed by atoms with Crippen LogP contribution in [0.2, 0.25) is 0 Å². The van der Waals surface area contributed by atoms with E-state index in [0.717, 1.165) is 117 Å². The molecule has 0 atom stereocenters. The molecule has 476 valence electrons. The zero-order chi connectivity index (χ0) is 62.4. The van der Waals surface area contributed by atoms with Gasteiger partial charge in [-0.2, -0.15) is 0 Å². The minimum atomic E-state index is -0.438. The molecule has 86 heavy (non-hydrogen) atoms. The summed E-state index contributed by atoms with van der Waals surface area (Å²) in [6, 6.07) is 12.7. The van der Waals surface area contributed by atoms with Gasteiger partial charge in [0.05, 0.1) is 134 Å². The number of carbonyl (C=O) groups excluding carboxylic acids is 4. The third-order valence-electron chi connectivity index (χ3n) is 14.4. The van der Waals surface area contributed by atoms with Crippen LogP contribution in [0.4, 0.5) is 0 Å². The monoisotopic (exact) mass is 1210 g/mol. The largest absolute Gasteiger partial charge is 0.493 e. The van der Waals surface area contributed by atoms with Gasteiger partial charge in [0.2, 0.25) is 23.0 Å². The summed E-state index contributed by atoms with van der Waals surface area (Å²) in [5, 5.41) is 0. The van der Waals surface area contributed by atoms with Crippen molar-refractivity contribution < 1.29 is 95.0 Å². The Balaban J connectivity index is 0.000000314. The SMILES string of the molecule is COc1cc(C(=O)OCCCN2CCCN(CCCOC(=O)c3cc(OC)c(OC)c(OC)c3)CC2)cc(OC)c1OC.COc1cc(C(=O)OCCCN2CCCN(CCCOC(=O)c3cc(OC)c(OC)c(OC)c3)CC2)cc(OC)c1OC. The maximum atomic E-state index is 12.6. The maximum absolute atomic E-state index is 12.6. The molecule has 24 heteroatoms. The number of hydrogen-bond acceptors (Lipinski definition) is 24. The zero-order valence-electron chi connectivity index (χ0n) is 52.1. The van der Waals surface area contributed by atoms with Gasteiger partial charge in [0.1, 0.15) is 0 Å². The summed E-state index contributed by atoms with van der Waals surface area (Å²) < 4.78 is 85.8. The fraction of sp³-hybridized carbons (Fsp3) is 0.548. The van der Waals surface area contributed by atoms with Gasteiger partial charge in [0.15, 0.2) is 46.0 Å². The number of benzene rings is 4. The Hall–Kier alpha value is -7.80. The molecule has 6 rings (SSSR count). The quantitative estimate of drug-likeness (QED) is 0.0270. The first-order valence-electron chi connectivity index (χ1n) is 28.5. The van der Waals surface area contributed by atoms with Gasteiger partial charge in [-0.1, -0.05) is 0 Å². The van der Waals surface area contributed by atoms with Crippen molar-refractivity contribution in [1.82, 2.24) is 19.6 Å². The molecule has 0 N–H and O–H groups in total. The van der Waals surface area contributed by atoms with E-state index in [1.54, 1.807) is 48.5 Å². The van der Waals surface area contributed by atoms with Gasteiger partial charge in [-0.15, -0.1) is 0 Å². The van der Waals surface area contributed by atoms with Crippen molar-refractivity contribution in [1.29, 1.82) is 0 Å². The second kappa shape index (κ2) is 36.9. The normalized spacial score (nSPS) is 13.9. The maximum Gasteiger partial charge on any atom is 0.338 e. The van der Waals surface area contributed by atoms with Crippen LogP contribution in [0.15, 0.2) is 48.5 Å². The third-order valence-corrected chi connectivity index (χ3v) is 14.4. The first kappa shape index (κ1) is 69.0. The van der Waals surface area contributed by atoms with E-state index < -0.39 is 23.9 Å². The van der Waals surface area contributed by atoms with Gasteiger partial charge in [-0.25, -0.2) is 19.2 Å². The molecule has 24 nitrogen and oxygen atoms in total. The van der Waals surface area contributed by atoms with Crippen molar-refractivity contribution >= 4 is 23.9 Å². The van der Waals surface area contributed by atoms with Gasteiger partial charge < -0.3 is 95.4 Å². The van der Waals surface area contributed by atoms with Crippen LogP contribution in [0.3, 0.4) is 0 Å². The Bertz CT molecular complexity index is 2310. The van der Waals surface area contributed by atoms with Gasteiger partial charge in [0.25, 0.3) is 0 Å². The minimum Gasteiger partial charge on any atom is -0.493 e. The molecule has 0 saturated carbocycles. The average Bonchev–Trinajstić information content (AvgIpc) is 3.43. The van der Waals surface area contributed by atoms with Crippen molar-refractivity contribution in [2.75, 3.05) is 190 Å². The van der Waals surface area contributed by atoms with Crippen LogP contribution in [0.1, 0.15) is 80.0 Å². The average molecular weight is 1210 g/mol.